The predicted octanol–water partition coefficient (Wildman–Crippen LogP) is 2.52. The number of piperidine rings is 2. The topological polar surface area (TPSA) is 15.7 Å². The molecule has 3 heteroatoms. The van der Waals surface area contributed by atoms with E-state index in [1.807, 2.05) is 0 Å². The zero-order valence-corrected chi connectivity index (χ0v) is 11.9. The lowest BCUT2D eigenvalue weighted by atomic mass is 9.79. The lowest BCUT2D eigenvalue weighted by Crippen LogP contribution is -2.57. The summed E-state index contributed by atoms with van der Waals surface area (Å²) in [5, 5.41) is 2.21. The predicted molar refractivity (Wildman–Crippen MR) is 70.8 cm³/mol. The first-order valence-electron chi connectivity index (χ1n) is 7.15. The minimum absolute atomic E-state index is 0.249. The minimum Gasteiger partial charge on any atom is -0.301 e. The van der Waals surface area contributed by atoms with Crippen molar-refractivity contribution in [2.24, 2.45) is 5.92 Å². The first-order valence-corrected chi connectivity index (χ1v) is 7.15. The number of hydroxylamine groups is 2. The van der Waals surface area contributed by atoms with Crippen LogP contribution in [0.25, 0.3) is 0 Å². The Morgan fingerprint density at radius 1 is 1.06 bits per heavy atom. The van der Waals surface area contributed by atoms with E-state index in [0.29, 0.717) is 12.0 Å². The largest absolute Gasteiger partial charge is 0.301 e. The van der Waals surface area contributed by atoms with Gasteiger partial charge < -0.3 is 4.90 Å². The molecule has 2 heterocycles. The zero-order valence-electron chi connectivity index (χ0n) is 11.9. The van der Waals surface area contributed by atoms with Crippen molar-refractivity contribution in [3.63, 3.8) is 0 Å². The fourth-order valence-corrected chi connectivity index (χ4v) is 2.97. The van der Waals surface area contributed by atoms with Crippen LogP contribution in [0, 0.1) is 5.92 Å². The monoisotopic (exact) mass is 240 g/mol. The quantitative estimate of drug-likeness (QED) is 0.737. The summed E-state index contributed by atoms with van der Waals surface area (Å²) in [6.45, 7) is 10.4. The molecule has 0 amide bonds. The van der Waals surface area contributed by atoms with Crippen LogP contribution in [0.15, 0.2) is 0 Å². The maximum Gasteiger partial charge on any atom is 0.0848 e. The average molecular weight is 240 g/mol. The van der Waals surface area contributed by atoms with Gasteiger partial charge in [-0.1, -0.05) is 13.3 Å². The summed E-state index contributed by atoms with van der Waals surface area (Å²) in [7, 11) is 2.23. The van der Waals surface area contributed by atoms with Gasteiger partial charge in [-0.25, -0.2) is 0 Å². The second kappa shape index (κ2) is 5.25. The summed E-state index contributed by atoms with van der Waals surface area (Å²) in [4.78, 5) is 8.70. The van der Waals surface area contributed by atoms with E-state index in [9.17, 15) is 0 Å². The number of hydrogen-bond donors (Lipinski definition) is 0. The van der Waals surface area contributed by atoms with Crippen LogP contribution in [0.2, 0.25) is 0 Å². The van der Waals surface area contributed by atoms with Gasteiger partial charge in [0.15, 0.2) is 0 Å². The molecule has 100 valence electrons. The van der Waals surface area contributed by atoms with Gasteiger partial charge in [-0.2, -0.15) is 5.06 Å². The van der Waals surface area contributed by atoms with Crippen molar-refractivity contribution in [1.82, 2.24) is 9.96 Å². The first kappa shape index (κ1) is 13.3. The van der Waals surface area contributed by atoms with Crippen molar-refractivity contribution in [3.8, 4) is 0 Å². The van der Waals surface area contributed by atoms with Gasteiger partial charge >= 0.3 is 0 Å². The van der Waals surface area contributed by atoms with Gasteiger partial charge in [0.25, 0.3) is 0 Å². The molecule has 3 nitrogen and oxygen atoms in total. The molecule has 0 aromatic rings. The Morgan fingerprint density at radius 2 is 1.71 bits per heavy atom. The van der Waals surface area contributed by atoms with Crippen molar-refractivity contribution >= 4 is 0 Å². The second-order valence-electron chi connectivity index (χ2n) is 6.29. The average Bonchev–Trinajstić information content (AvgIpc) is 2.32. The third-order valence-corrected chi connectivity index (χ3v) is 5.00. The molecule has 2 rings (SSSR count). The van der Waals surface area contributed by atoms with E-state index in [0.717, 1.165) is 26.1 Å². The number of likely N-dealkylation sites (tertiary alicyclic amines) is 1. The highest BCUT2D eigenvalue weighted by Crippen LogP contribution is 2.34. The van der Waals surface area contributed by atoms with E-state index >= 15 is 0 Å². The molecule has 2 aliphatic heterocycles. The summed E-state index contributed by atoms with van der Waals surface area (Å²) in [6, 6.07) is 0. The van der Waals surface area contributed by atoms with Crippen LogP contribution in [0.5, 0.6) is 0 Å². The molecule has 2 saturated heterocycles. The van der Waals surface area contributed by atoms with Gasteiger partial charge in [0.05, 0.1) is 6.10 Å². The summed E-state index contributed by atoms with van der Waals surface area (Å²) in [5.41, 5.74) is 0.249. The Balaban J connectivity index is 1.92. The van der Waals surface area contributed by atoms with Crippen LogP contribution < -0.4 is 0 Å². The molecule has 0 aromatic heterocycles. The highest BCUT2D eigenvalue weighted by atomic mass is 16.7. The van der Waals surface area contributed by atoms with Gasteiger partial charge in [-0.05, 0) is 40.2 Å². The fourth-order valence-electron chi connectivity index (χ4n) is 2.97. The maximum absolute atomic E-state index is 6.24. The van der Waals surface area contributed by atoms with Crippen molar-refractivity contribution in [3.05, 3.63) is 0 Å². The summed E-state index contributed by atoms with van der Waals surface area (Å²) < 4.78 is 0. The number of rotatable bonds is 2. The van der Waals surface area contributed by atoms with Gasteiger partial charge in [-0.3, -0.25) is 4.84 Å². The van der Waals surface area contributed by atoms with Gasteiger partial charge in [-0.15, -0.1) is 0 Å². The van der Waals surface area contributed by atoms with Crippen LogP contribution >= 0.6 is 0 Å². The smallest absolute Gasteiger partial charge is 0.0848 e. The van der Waals surface area contributed by atoms with E-state index in [1.54, 1.807) is 0 Å². The molecule has 2 atom stereocenters. The lowest BCUT2D eigenvalue weighted by Gasteiger charge is -2.49. The molecule has 2 aliphatic rings. The summed E-state index contributed by atoms with van der Waals surface area (Å²) in [6.07, 6.45) is 5.53. The molecule has 2 fully saturated rings. The Kier molecular flexibility index (Phi) is 4.11. The number of nitrogens with zero attached hydrogens (tertiary/aromatic N) is 2. The lowest BCUT2D eigenvalue weighted by molar-refractivity contribution is -0.239. The Hall–Kier alpha value is -0.120. The van der Waals surface area contributed by atoms with Crippen molar-refractivity contribution in [2.75, 3.05) is 26.7 Å². The van der Waals surface area contributed by atoms with E-state index in [1.165, 1.54) is 19.3 Å². The van der Waals surface area contributed by atoms with Gasteiger partial charge in [0.2, 0.25) is 0 Å². The zero-order chi connectivity index (χ0) is 12.5. The van der Waals surface area contributed by atoms with Crippen LogP contribution in [0.1, 0.15) is 46.5 Å². The van der Waals surface area contributed by atoms with E-state index < -0.39 is 0 Å². The van der Waals surface area contributed by atoms with Crippen molar-refractivity contribution in [2.45, 2.75) is 58.1 Å². The molecule has 0 N–H and O–H groups in total. The normalized spacial score (nSPS) is 36.0. The van der Waals surface area contributed by atoms with Crippen LogP contribution in [0.4, 0.5) is 0 Å². The molecular formula is C14H28N2O. The minimum atomic E-state index is 0.249. The Morgan fingerprint density at radius 3 is 2.35 bits per heavy atom. The second-order valence-corrected chi connectivity index (χ2v) is 6.29. The van der Waals surface area contributed by atoms with E-state index in [2.05, 4.69) is 37.8 Å². The van der Waals surface area contributed by atoms with Crippen LogP contribution in [-0.2, 0) is 4.84 Å². The molecular weight excluding hydrogens is 212 g/mol. The number of hydrogen-bond acceptors (Lipinski definition) is 3. The molecule has 0 bridgehead atoms. The first-order chi connectivity index (χ1) is 8.01. The molecule has 0 spiro atoms. The molecule has 0 saturated carbocycles. The molecule has 0 radical (unpaired) electrons. The third-order valence-electron chi connectivity index (χ3n) is 5.00. The van der Waals surface area contributed by atoms with E-state index in [-0.39, 0.29) is 5.54 Å². The Labute approximate surface area is 106 Å². The molecule has 0 aliphatic carbocycles. The highest BCUT2D eigenvalue weighted by molar-refractivity contribution is 4.93. The van der Waals surface area contributed by atoms with Crippen LogP contribution in [0.3, 0.4) is 0 Å². The molecule has 0 aromatic carbocycles. The maximum atomic E-state index is 6.24. The third kappa shape index (κ3) is 2.83. The van der Waals surface area contributed by atoms with Gasteiger partial charge in [0, 0.05) is 31.1 Å². The Bertz CT molecular complexity index is 249. The summed E-state index contributed by atoms with van der Waals surface area (Å²) >= 11 is 0. The SMILES string of the molecule is CC1C(ON2CCCCC2)CCN(C)C1(C)C. The van der Waals surface area contributed by atoms with Crippen LogP contribution in [-0.4, -0.2) is 48.3 Å². The fraction of sp³-hybridized carbons (Fsp3) is 1.00. The molecule has 2 unspecified atom stereocenters. The van der Waals surface area contributed by atoms with E-state index in [4.69, 9.17) is 4.84 Å². The highest BCUT2D eigenvalue weighted by Gasteiger charge is 2.41. The summed E-state index contributed by atoms with van der Waals surface area (Å²) in [5.74, 6) is 0.586. The molecule has 17 heavy (non-hydrogen) atoms. The standard InChI is InChI=1S/C14H28N2O/c1-12-13(8-11-15(4)14(12,2)3)17-16-9-6-5-7-10-16/h12-13H,5-11H2,1-4H3. The van der Waals surface area contributed by atoms with Crippen molar-refractivity contribution in [1.29, 1.82) is 0 Å². The van der Waals surface area contributed by atoms with Gasteiger partial charge in [0.1, 0.15) is 0 Å². The van der Waals surface area contributed by atoms with Crippen molar-refractivity contribution < 1.29 is 4.84 Å².